The van der Waals surface area contributed by atoms with Crippen LogP contribution < -0.4 is 5.32 Å². The number of aromatic nitrogens is 1. The van der Waals surface area contributed by atoms with Crippen molar-refractivity contribution in [2.24, 2.45) is 0 Å². The highest BCUT2D eigenvalue weighted by atomic mass is 16.5. The third-order valence-corrected chi connectivity index (χ3v) is 2.11. The Hall–Kier alpha value is -1.44. The molecule has 0 amide bonds. The highest BCUT2D eigenvalue weighted by Gasteiger charge is 1.95. The van der Waals surface area contributed by atoms with Crippen molar-refractivity contribution in [2.45, 2.75) is 19.9 Å². The summed E-state index contributed by atoms with van der Waals surface area (Å²) in [5.74, 6) is 0. The van der Waals surface area contributed by atoms with Gasteiger partial charge in [-0.15, -0.1) is 0 Å². The third-order valence-electron chi connectivity index (χ3n) is 2.11. The van der Waals surface area contributed by atoms with Crippen LogP contribution in [0.15, 0.2) is 18.3 Å². The molecule has 1 aromatic rings. The molecular formula is C12H17N3O. The number of pyridine rings is 1. The monoisotopic (exact) mass is 219 g/mol. The molecule has 0 aliphatic rings. The van der Waals surface area contributed by atoms with Crippen molar-refractivity contribution in [1.29, 1.82) is 5.26 Å². The fourth-order valence-electron chi connectivity index (χ4n) is 1.32. The fourth-order valence-corrected chi connectivity index (χ4v) is 1.32. The lowest BCUT2D eigenvalue weighted by molar-refractivity contribution is 0.144. The number of ether oxygens (including phenoxy) is 1. The van der Waals surface area contributed by atoms with Crippen molar-refractivity contribution in [2.75, 3.05) is 19.8 Å². The Kier molecular flexibility index (Phi) is 6.16. The Morgan fingerprint density at radius 3 is 3.19 bits per heavy atom. The standard InChI is InChI=1S/C12H17N3O/c1-2-16-7-3-5-14-10-11-4-6-15-12(8-11)9-13/h4,6,8,14H,2-3,5,7,10H2,1H3. The second kappa shape index (κ2) is 7.80. The van der Waals surface area contributed by atoms with Gasteiger partial charge < -0.3 is 10.1 Å². The smallest absolute Gasteiger partial charge is 0.140 e. The van der Waals surface area contributed by atoms with Gasteiger partial charge in [-0.05, 0) is 37.6 Å². The summed E-state index contributed by atoms with van der Waals surface area (Å²) < 4.78 is 5.23. The topological polar surface area (TPSA) is 57.9 Å². The van der Waals surface area contributed by atoms with E-state index in [4.69, 9.17) is 10.00 Å². The minimum Gasteiger partial charge on any atom is -0.382 e. The van der Waals surface area contributed by atoms with E-state index >= 15 is 0 Å². The van der Waals surface area contributed by atoms with E-state index in [1.54, 1.807) is 12.3 Å². The first-order valence-electron chi connectivity index (χ1n) is 5.50. The van der Waals surface area contributed by atoms with E-state index in [-0.39, 0.29) is 0 Å². The second-order valence-corrected chi connectivity index (χ2v) is 3.39. The largest absolute Gasteiger partial charge is 0.382 e. The van der Waals surface area contributed by atoms with Gasteiger partial charge in [-0.3, -0.25) is 0 Å². The molecular weight excluding hydrogens is 202 g/mol. The van der Waals surface area contributed by atoms with E-state index in [9.17, 15) is 0 Å². The predicted octanol–water partition coefficient (Wildman–Crippen LogP) is 1.47. The minimum absolute atomic E-state index is 0.466. The summed E-state index contributed by atoms with van der Waals surface area (Å²) in [5.41, 5.74) is 1.55. The fraction of sp³-hybridized carbons (Fsp3) is 0.500. The Bertz CT molecular complexity index is 346. The van der Waals surface area contributed by atoms with Gasteiger partial charge in [0, 0.05) is 26.0 Å². The molecule has 0 unspecified atom stereocenters. The molecule has 0 radical (unpaired) electrons. The lowest BCUT2D eigenvalue weighted by Crippen LogP contribution is -2.16. The van der Waals surface area contributed by atoms with Gasteiger partial charge in [0.25, 0.3) is 0 Å². The van der Waals surface area contributed by atoms with Crippen LogP contribution in [-0.2, 0) is 11.3 Å². The second-order valence-electron chi connectivity index (χ2n) is 3.39. The summed E-state index contributed by atoms with van der Waals surface area (Å²) in [6, 6.07) is 5.74. The zero-order valence-electron chi connectivity index (χ0n) is 9.57. The van der Waals surface area contributed by atoms with Crippen LogP contribution in [0.2, 0.25) is 0 Å². The summed E-state index contributed by atoms with van der Waals surface area (Å²) >= 11 is 0. The zero-order chi connectivity index (χ0) is 11.6. The van der Waals surface area contributed by atoms with Crippen molar-refractivity contribution in [3.63, 3.8) is 0 Å². The molecule has 1 aromatic heterocycles. The number of nitriles is 1. The maximum atomic E-state index is 8.68. The molecule has 0 spiro atoms. The van der Waals surface area contributed by atoms with Crippen LogP contribution >= 0.6 is 0 Å². The van der Waals surface area contributed by atoms with Gasteiger partial charge in [-0.25, -0.2) is 4.98 Å². The molecule has 86 valence electrons. The van der Waals surface area contributed by atoms with Crippen molar-refractivity contribution in [3.8, 4) is 6.07 Å². The minimum atomic E-state index is 0.466. The number of hydrogen-bond acceptors (Lipinski definition) is 4. The van der Waals surface area contributed by atoms with Crippen LogP contribution in [0.5, 0.6) is 0 Å². The lowest BCUT2D eigenvalue weighted by atomic mass is 10.2. The van der Waals surface area contributed by atoms with Crippen molar-refractivity contribution in [3.05, 3.63) is 29.6 Å². The summed E-state index contributed by atoms with van der Waals surface area (Å²) in [6.45, 7) is 5.25. The first-order chi connectivity index (χ1) is 7.86. The molecule has 4 nitrogen and oxygen atoms in total. The molecule has 16 heavy (non-hydrogen) atoms. The Morgan fingerprint density at radius 1 is 1.56 bits per heavy atom. The van der Waals surface area contributed by atoms with Crippen molar-refractivity contribution in [1.82, 2.24) is 10.3 Å². The molecule has 1 N–H and O–H groups in total. The molecule has 4 heteroatoms. The van der Waals surface area contributed by atoms with Gasteiger partial charge in [0.05, 0.1) is 0 Å². The average Bonchev–Trinajstić information content (AvgIpc) is 2.34. The molecule has 1 heterocycles. The molecule has 1 rings (SSSR count). The van der Waals surface area contributed by atoms with Crippen molar-refractivity contribution < 1.29 is 4.74 Å². The van der Waals surface area contributed by atoms with Crippen LogP contribution in [0.1, 0.15) is 24.6 Å². The number of rotatable bonds is 7. The normalized spacial score (nSPS) is 10.0. The summed E-state index contributed by atoms with van der Waals surface area (Å²) in [4.78, 5) is 3.92. The van der Waals surface area contributed by atoms with Gasteiger partial charge in [0.1, 0.15) is 11.8 Å². The van der Waals surface area contributed by atoms with E-state index in [2.05, 4.69) is 10.3 Å². The molecule has 0 fully saturated rings. The maximum absolute atomic E-state index is 8.68. The van der Waals surface area contributed by atoms with Gasteiger partial charge in [0.15, 0.2) is 0 Å². The number of hydrogen-bond donors (Lipinski definition) is 1. The van der Waals surface area contributed by atoms with E-state index in [1.165, 1.54) is 0 Å². The molecule has 0 saturated heterocycles. The van der Waals surface area contributed by atoms with Crippen LogP contribution in [-0.4, -0.2) is 24.7 Å². The van der Waals surface area contributed by atoms with Crippen LogP contribution in [0.3, 0.4) is 0 Å². The van der Waals surface area contributed by atoms with E-state index in [1.807, 2.05) is 19.1 Å². The van der Waals surface area contributed by atoms with E-state index in [0.717, 1.165) is 38.3 Å². The Balaban J connectivity index is 2.19. The SMILES string of the molecule is CCOCCCNCc1ccnc(C#N)c1. The highest BCUT2D eigenvalue weighted by molar-refractivity contribution is 5.25. The third kappa shape index (κ3) is 4.87. The molecule has 0 bridgehead atoms. The average molecular weight is 219 g/mol. The van der Waals surface area contributed by atoms with E-state index < -0.39 is 0 Å². The highest BCUT2D eigenvalue weighted by Crippen LogP contribution is 2.00. The Labute approximate surface area is 96.3 Å². The van der Waals surface area contributed by atoms with Gasteiger partial charge in [-0.2, -0.15) is 5.26 Å². The Morgan fingerprint density at radius 2 is 2.44 bits per heavy atom. The molecule has 0 aliphatic heterocycles. The molecule has 0 saturated carbocycles. The van der Waals surface area contributed by atoms with Crippen LogP contribution in [0.4, 0.5) is 0 Å². The van der Waals surface area contributed by atoms with E-state index in [0.29, 0.717) is 5.69 Å². The summed E-state index contributed by atoms with van der Waals surface area (Å²) in [7, 11) is 0. The summed E-state index contributed by atoms with van der Waals surface area (Å²) in [6.07, 6.45) is 2.67. The predicted molar refractivity (Wildman–Crippen MR) is 61.8 cm³/mol. The first kappa shape index (κ1) is 12.6. The van der Waals surface area contributed by atoms with Crippen LogP contribution in [0, 0.1) is 11.3 Å². The van der Waals surface area contributed by atoms with Gasteiger partial charge in [0.2, 0.25) is 0 Å². The molecule has 0 aromatic carbocycles. The van der Waals surface area contributed by atoms with Crippen molar-refractivity contribution >= 4 is 0 Å². The van der Waals surface area contributed by atoms with Gasteiger partial charge in [-0.1, -0.05) is 0 Å². The van der Waals surface area contributed by atoms with Gasteiger partial charge >= 0.3 is 0 Å². The number of nitrogens with zero attached hydrogens (tertiary/aromatic N) is 2. The zero-order valence-corrected chi connectivity index (χ0v) is 9.57. The lowest BCUT2D eigenvalue weighted by Gasteiger charge is -2.05. The number of nitrogens with one attached hydrogen (secondary N) is 1. The maximum Gasteiger partial charge on any atom is 0.140 e. The van der Waals surface area contributed by atoms with Crippen LogP contribution in [0.25, 0.3) is 0 Å². The first-order valence-corrected chi connectivity index (χ1v) is 5.50. The molecule has 0 aliphatic carbocycles. The molecule has 0 atom stereocenters. The summed E-state index contributed by atoms with van der Waals surface area (Å²) in [5, 5.41) is 12.0. The quantitative estimate of drug-likeness (QED) is 0.705.